The summed E-state index contributed by atoms with van der Waals surface area (Å²) in [5.41, 5.74) is -0.721. The van der Waals surface area contributed by atoms with Crippen molar-refractivity contribution < 1.29 is 23.0 Å². The molecule has 2 aliphatic heterocycles. The first-order chi connectivity index (χ1) is 20.9. The lowest BCUT2D eigenvalue weighted by atomic mass is 9.95. The molecule has 230 valence electrons. The monoisotopic (exact) mass is 657 g/mol. The number of rotatable bonds is 6. The maximum absolute atomic E-state index is 16.6. The van der Waals surface area contributed by atoms with E-state index in [1.54, 1.807) is 26.8 Å². The molecule has 0 radical (unpaired) electrons. The van der Waals surface area contributed by atoms with Crippen LogP contribution in [0.3, 0.4) is 0 Å². The SMILES string of the molecule is CSc1nc(OCC23CCCN2CCC3)nc2c(F)c(-c3ccc(F)c4sc(NC(=O)OC(C)(C)C)c(C#N)c34)c(Cl)cc12. The minimum absolute atomic E-state index is 0.00395. The maximum Gasteiger partial charge on any atom is 0.412 e. The van der Waals surface area contributed by atoms with E-state index in [1.165, 1.54) is 23.9 Å². The van der Waals surface area contributed by atoms with Gasteiger partial charge < -0.3 is 9.47 Å². The van der Waals surface area contributed by atoms with Crippen LogP contribution in [0.4, 0.5) is 18.6 Å². The number of carbonyl (C=O) groups excluding carboxylic acids is 1. The zero-order valence-electron chi connectivity index (χ0n) is 24.6. The van der Waals surface area contributed by atoms with Crippen molar-refractivity contribution in [3.8, 4) is 23.2 Å². The Kier molecular flexibility index (Phi) is 8.11. The molecule has 2 saturated heterocycles. The second-order valence-electron chi connectivity index (χ2n) is 12.0. The van der Waals surface area contributed by atoms with Crippen LogP contribution in [0.1, 0.15) is 52.0 Å². The number of nitrogens with zero attached hydrogens (tertiary/aromatic N) is 4. The van der Waals surface area contributed by atoms with Crippen molar-refractivity contribution in [2.24, 2.45) is 0 Å². The first kappa shape index (κ1) is 30.8. The molecule has 1 amide bonds. The average Bonchev–Trinajstić information content (AvgIpc) is 3.65. The lowest BCUT2D eigenvalue weighted by molar-refractivity contribution is 0.0636. The second kappa shape index (κ2) is 11.6. The standard InChI is InChI=1S/C31H30ClF2N5O3S2/c1-30(2,3)42-29(40)38-27-18(14-35)21-16(7-8-20(33)25(21)44-27)22-19(32)13-17-24(23(22)34)36-28(37-26(17)43-4)41-15-31-9-5-11-39(31)12-6-10-31/h7-8,13H,5-6,9-12,15H2,1-4H3,(H,38,40). The molecule has 4 aromatic rings. The van der Waals surface area contributed by atoms with Gasteiger partial charge in [-0.15, -0.1) is 23.1 Å². The summed E-state index contributed by atoms with van der Waals surface area (Å²) in [4.78, 5) is 24.0. The van der Waals surface area contributed by atoms with Crippen LogP contribution in [-0.4, -0.2) is 58.1 Å². The number of halogens is 3. The van der Waals surface area contributed by atoms with Crippen LogP contribution in [0, 0.1) is 23.0 Å². The van der Waals surface area contributed by atoms with E-state index in [4.69, 9.17) is 21.1 Å². The van der Waals surface area contributed by atoms with Crippen LogP contribution in [0.25, 0.3) is 32.1 Å². The highest BCUT2D eigenvalue weighted by atomic mass is 35.5. The van der Waals surface area contributed by atoms with Crippen LogP contribution >= 0.6 is 34.7 Å². The highest BCUT2D eigenvalue weighted by molar-refractivity contribution is 7.98. The van der Waals surface area contributed by atoms with E-state index >= 15 is 8.78 Å². The van der Waals surface area contributed by atoms with Gasteiger partial charge in [0.15, 0.2) is 5.82 Å². The summed E-state index contributed by atoms with van der Waals surface area (Å²) < 4.78 is 43.3. The Morgan fingerprint density at radius 2 is 1.98 bits per heavy atom. The molecule has 2 aromatic heterocycles. The van der Waals surface area contributed by atoms with Gasteiger partial charge in [0, 0.05) is 16.3 Å². The number of hydrogen-bond donors (Lipinski definition) is 1. The number of benzene rings is 2. The van der Waals surface area contributed by atoms with Gasteiger partial charge in [0.2, 0.25) is 0 Å². The van der Waals surface area contributed by atoms with E-state index in [-0.39, 0.29) is 53.9 Å². The predicted octanol–water partition coefficient (Wildman–Crippen LogP) is 8.39. The van der Waals surface area contributed by atoms with Crippen molar-refractivity contribution in [3.63, 3.8) is 0 Å². The molecule has 0 saturated carbocycles. The smallest absolute Gasteiger partial charge is 0.412 e. The van der Waals surface area contributed by atoms with Gasteiger partial charge >= 0.3 is 12.1 Å². The summed E-state index contributed by atoms with van der Waals surface area (Å²) in [6.45, 7) is 7.61. The van der Waals surface area contributed by atoms with Crippen molar-refractivity contribution >= 4 is 66.8 Å². The third kappa shape index (κ3) is 5.44. The van der Waals surface area contributed by atoms with Crippen LogP contribution < -0.4 is 10.1 Å². The number of nitrogens with one attached hydrogen (secondary N) is 1. The topological polar surface area (TPSA) is 100 Å². The van der Waals surface area contributed by atoms with Gasteiger partial charge in [-0.3, -0.25) is 10.2 Å². The molecular formula is C31H30ClF2N5O3S2. The molecule has 0 bridgehead atoms. The lowest BCUT2D eigenvalue weighted by Crippen LogP contribution is -2.43. The summed E-state index contributed by atoms with van der Waals surface area (Å²) in [5, 5.41) is 13.8. The number of ether oxygens (including phenoxy) is 2. The van der Waals surface area contributed by atoms with Crippen molar-refractivity contribution in [2.45, 2.75) is 62.6 Å². The van der Waals surface area contributed by atoms with Crippen LogP contribution in [0.15, 0.2) is 23.2 Å². The zero-order valence-corrected chi connectivity index (χ0v) is 27.0. The highest BCUT2D eigenvalue weighted by Crippen LogP contribution is 2.46. The first-order valence-corrected chi connectivity index (χ1v) is 16.6. The molecule has 0 spiro atoms. The number of fused-ring (bicyclic) bond motifs is 3. The molecular weight excluding hydrogens is 628 g/mol. The molecule has 6 rings (SSSR count). The Labute approximate surface area is 266 Å². The van der Waals surface area contributed by atoms with Gasteiger partial charge in [-0.05, 0) is 83.5 Å². The Morgan fingerprint density at radius 1 is 1.25 bits per heavy atom. The van der Waals surface area contributed by atoms with Crippen LogP contribution in [0.5, 0.6) is 6.01 Å². The van der Waals surface area contributed by atoms with E-state index in [0.717, 1.165) is 50.1 Å². The van der Waals surface area contributed by atoms with Crippen molar-refractivity contribution in [3.05, 3.63) is 40.4 Å². The van der Waals surface area contributed by atoms with Gasteiger partial charge in [-0.25, -0.2) is 13.6 Å². The number of thiophene rings is 1. The normalized spacial score (nSPS) is 16.3. The van der Waals surface area contributed by atoms with Gasteiger partial charge in [-0.2, -0.15) is 15.2 Å². The Morgan fingerprint density at radius 3 is 2.64 bits per heavy atom. The maximum atomic E-state index is 16.6. The Hall–Kier alpha value is -3.24. The molecule has 2 fully saturated rings. The zero-order chi connectivity index (χ0) is 31.4. The van der Waals surface area contributed by atoms with E-state index in [2.05, 4.69) is 20.2 Å². The molecule has 8 nitrogen and oxygen atoms in total. The molecule has 2 aliphatic rings. The quantitative estimate of drug-likeness (QED) is 0.163. The third-order valence-electron chi connectivity index (χ3n) is 8.09. The van der Waals surface area contributed by atoms with Gasteiger partial charge in [0.25, 0.3) is 0 Å². The molecule has 0 unspecified atom stereocenters. The average molecular weight is 658 g/mol. The Bertz CT molecular complexity index is 1840. The fourth-order valence-corrected chi connectivity index (χ4v) is 8.15. The summed E-state index contributed by atoms with van der Waals surface area (Å²) in [6.07, 6.45) is 5.33. The number of carbonyl (C=O) groups is 1. The summed E-state index contributed by atoms with van der Waals surface area (Å²) in [5.74, 6) is -1.38. The van der Waals surface area contributed by atoms with Crippen LogP contribution in [0.2, 0.25) is 5.02 Å². The minimum Gasteiger partial charge on any atom is -0.461 e. The summed E-state index contributed by atoms with van der Waals surface area (Å²) >= 11 is 8.89. The fraction of sp³-hybridized carbons (Fsp3) is 0.419. The summed E-state index contributed by atoms with van der Waals surface area (Å²) in [7, 11) is 0. The predicted molar refractivity (Wildman–Crippen MR) is 170 cm³/mol. The number of nitriles is 1. The van der Waals surface area contributed by atoms with Crippen molar-refractivity contribution in [2.75, 3.05) is 31.3 Å². The molecule has 1 N–H and O–H groups in total. The number of aromatic nitrogens is 2. The molecule has 4 heterocycles. The number of hydrogen-bond acceptors (Lipinski definition) is 9. The molecule has 0 atom stereocenters. The minimum atomic E-state index is -0.802. The van der Waals surface area contributed by atoms with Crippen LogP contribution in [-0.2, 0) is 4.74 Å². The van der Waals surface area contributed by atoms with Crippen molar-refractivity contribution in [1.82, 2.24) is 14.9 Å². The molecule has 0 aliphatic carbocycles. The number of thioether (sulfide) groups is 1. The van der Waals surface area contributed by atoms with Gasteiger partial charge in [-0.1, -0.05) is 17.7 Å². The molecule has 44 heavy (non-hydrogen) atoms. The lowest BCUT2D eigenvalue weighted by Gasteiger charge is -2.31. The van der Waals surface area contributed by atoms with E-state index in [1.807, 2.05) is 12.3 Å². The van der Waals surface area contributed by atoms with E-state index < -0.39 is 23.3 Å². The molecule has 13 heteroatoms. The van der Waals surface area contributed by atoms with E-state index in [0.29, 0.717) is 17.0 Å². The Balaban J connectivity index is 1.46. The highest BCUT2D eigenvalue weighted by Gasteiger charge is 2.45. The number of amides is 1. The van der Waals surface area contributed by atoms with Gasteiger partial charge in [0.1, 0.15) is 39.6 Å². The van der Waals surface area contributed by atoms with Crippen molar-refractivity contribution in [1.29, 1.82) is 5.26 Å². The third-order valence-corrected chi connectivity index (χ3v) is 10.2. The first-order valence-electron chi connectivity index (χ1n) is 14.2. The summed E-state index contributed by atoms with van der Waals surface area (Å²) in [6, 6.07) is 6.25. The fourth-order valence-electron chi connectivity index (χ4n) is 6.25. The second-order valence-corrected chi connectivity index (χ2v) is 14.2. The number of anilines is 1. The largest absolute Gasteiger partial charge is 0.461 e. The van der Waals surface area contributed by atoms with Gasteiger partial charge in [0.05, 0.1) is 20.8 Å². The van der Waals surface area contributed by atoms with E-state index in [9.17, 15) is 10.1 Å². The molecule has 2 aromatic carbocycles.